The van der Waals surface area contributed by atoms with Crippen LogP contribution in [-0.2, 0) is 17.6 Å². The molecule has 3 aromatic carbocycles. The highest BCUT2D eigenvalue weighted by Gasteiger charge is 2.37. The summed E-state index contributed by atoms with van der Waals surface area (Å²) in [5, 5.41) is 9.43. The van der Waals surface area contributed by atoms with Gasteiger partial charge in [0, 0.05) is 12.0 Å². The summed E-state index contributed by atoms with van der Waals surface area (Å²) in [6.07, 6.45) is 1.30. The summed E-state index contributed by atoms with van der Waals surface area (Å²) in [7, 11) is 0. The van der Waals surface area contributed by atoms with E-state index in [9.17, 15) is 14.3 Å². The van der Waals surface area contributed by atoms with E-state index in [-0.39, 0.29) is 12.2 Å². The number of carboxylic acids is 1. The molecule has 28 heavy (non-hydrogen) atoms. The zero-order valence-electron chi connectivity index (χ0n) is 15.2. The van der Waals surface area contributed by atoms with E-state index in [1.807, 2.05) is 48.5 Å². The fourth-order valence-corrected chi connectivity index (χ4v) is 3.62. The first-order chi connectivity index (χ1) is 13.4. The Hall–Kier alpha value is -3.18. The van der Waals surface area contributed by atoms with E-state index in [4.69, 9.17) is 10.5 Å². The number of rotatable bonds is 4. The Balaban J connectivity index is 1.66. The summed E-state index contributed by atoms with van der Waals surface area (Å²) in [4.78, 5) is 11.5. The van der Waals surface area contributed by atoms with Gasteiger partial charge in [0.1, 0.15) is 22.9 Å². The Bertz CT molecular complexity index is 1050. The predicted octanol–water partition coefficient (Wildman–Crippen LogP) is 4.56. The molecule has 0 aliphatic heterocycles. The topological polar surface area (TPSA) is 72.6 Å². The second-order valence-electron chi connectivity index (χ2n) is 7.18. The molecule has 1 atom stereocenters. The first kappa shape index (κ1) is 18.2. The van der Waals surface area contributed by atoms with Crippen LogP contribution in [0.2, 0.25) is 0 Å². The van der Waals surface area contributed by atoms with E-state index >= 15 is 0 Å². The number of carbonyl (C=O) groups is 1. The molecule has 0 saturated heterocycles. The molecule has 0 saturated carbocycles. The maximum atomic E-state index is 13.6. The number of hydrogen-bond donors (Lipinski definition) is 2. The maximum absolute atomic E-state index is 13.6. The van der Waals surface area contributed by atoms with Crippen LogP contribution in [0, 0.1) is 5.82 Å². The molecule has 1 aliphatic carbocycles. The number of nitrogens with two attached hydrogens (primary N) is 1. The van der Waals surface area contributed by atoms with E-state index in [2.05, 4.69) is 0 Å². The van der Waals surface area contributed by atoms with Crippen LogP contribution in [0.25, 0.3) is 11.1 Å². The molecule has 0 radical (unpaired) electrons. The van der Waals surface area contributed by atoms with Crippen LogP contribution < -0.4 is 10.5 Å². The third-order valence-electron chi connectivity index (χ3n) is 5.20. The highest BCUT2D eigenvalue weighted by Crippen LogP contribution is 2.36. The zero-order valence-corrected chi connectivity index (χ0v) is 15.2. The van der Waals surface area contributed by atoms with Gasteiger partial charge < -0.3 is 15.6 Å². The van der Waals surface area contributed by atoms with E-state index < -0.39 is 11.5 Å². The van der Waals surface area contributed by atoms with E-state index in [0.717, 1.165) is 22.3 Å². The van der Waals surface area contributed by atoms with Crippen molar-refractivity contribution >= 4 is 5.97 Å². The standard InChI is InChI=1S/C23H20FNO3/c24-18-5-3-4-16(12-18)20-6-1-2-7-21(20)28-19-9-8-15-10-11-23(25,22(26)27)14-17(15)13-19/h1-9,12-13H,10-11,14,25H2,(H,26,27). The van der Waals surface area contributed by atoms with Crippen LogP contribution >= 0.6 is 0 Å². The second kappa shape index (κ2) is 7.09. The van der Waals surface area contributed by atoms with Gasteiger partial charge in [0.2, 0.25) is 0 Å². The molecule has 0 spiro atoms. The van der Waals surface area contributed by atoms with Crippen molar-refractivity contribution in [2.75, 3.05) is 0 Å². The fraction of sp³-hybridized carbons (Fsp3) is 0.174. The van der Waals surface area contributed by atoms with Crippen LogP contribution in [0.5, 0.6) is 11.5 Å². The summed E-state index contributed by atoms with van der Waals surface area (Å²) in [6, 6.07) is 19.4. The molecular weight excluding hydrogens is 357 g/mol. The van der Waals surface area contributed by atoms with Crippen molar-refractivity contribution in [3.8, 4) is 22.6 Å². The number of fused-ring (bicyclic) bond motifs is 1. The quantitative estimate of drug-likeness (QED) is 0.699. The number of halogens is 1. The lowest BCUT2D eigenvalue weighted by atomic mass is 9.78. The molecular formula is C23H20FNO3. The third-order valence-corrected chi connectivity index (χ3v) is 5.20. The lowest BCUT2D eigenvalue weighted by molar-refractivity contribution is -0.143. The van der Waals surface area contributed by atoms with Crippen molar-refractivity contribution in [2.24, 2.45) is 5.73 Å². The molecule has 0 amide bonds. The van der Waals surface area contributed by atoms with Crippen LogP contribution in [0.3, 0.4) is 0 Å². The molecule has 3 N–H and O–H groups in total. The molecule has 3 aromatic rings. The van der Waals surface area contributed by atoms with Gasteiger partial charge in [0.05, 0.1) is 0 Å². The van der Waals surface area contributed by atoms with Gasteiger partial charge in [0.15, 0.2) is 0 Å². The minimum absolute atomic E-state index is 0.264. The summed E-state index contributed by atoms with van der Waals surface area (Å²) in [6.45, 7) is 0. The first-order valence-corrected chi connectivity index (χ1v) is 9.11. The van der Waals surface area contributed by atoms with Crippen LogP contribution in [0.4, 0.5) is 4.39 Å². The van der Waals surface area contributed by atoms with E-state index in [0.29, 0.717) is 24.3 Å². The van der Waals surface area contributed by atoms with Gasteiger partial charge in [-0.3, -0.25) is 4.79 Å². The van der Waals surface area contributed by atoms with Gasteiger partial charge in [-0.05, 0) is 59.9 Å². The van der Waals surface area contributed by atoms with Crippen LogP contribution in [0.15, 0.2) is 66.7 Å². The molecule has 0 aromatic heterocycles. The van der Waals surface area contributed by atoms with Gasteiger partial charge in [-0.1, -0.05) is 36.4 Å². The van der Waals surface area contributed by atoms with E-state index in [1.165, 1.54) is 12.1 Å². The Kier molecular flexibility index (Phi) is 4.61. The Morgan fingerprint density at radius 2 is 1.86 bits per heavy atom. The van der Waals surface area contributed by atoms with Crippen LogP contribution in [0.1, 0.15) is 17.5 Å². The Labute approximate surface area is 162 Å². The Morgan fingerprint density at radius 1 is 1.04 bits per heavy atom. The third kappa shape index (κ3) is 3.49. The molecule has 4 nitrogen and oxygen atoms in total. The smallest absolute Gasteiger partial charge is 0.324 e. The molecule has 5 heteroatoms. The number of aliphatic carboxylic acids is 1. The van der Waals surface area contributed by atoms with Crippen molar-refractivity contribution < 1.29 is 19.0 Å². The number of para-hydroxylation sites is 1. The molecule has 4 rings (SSSR count). The second-order valence-corrected chi connectivity index (χ2v) is 7.18. The predicted molar refractivity (Wildman–Crippen MR) is 105 cm³/mol. The molecule has 0 bridgehead atoms. The number of ether oxygens (including phenoxy) is 1. The fourth-order valence-electron chi connectivity index (χ4n) is 3.62. The lowest BCUT2D eigenvalue weighted by Crippen LogP contribution is -2.52. The summed E-state index contributed by atoms with van der Waals surface area (Å²) in [5.41, 5.74) is 8.29. The molecule has 1 aliphatic rings. The van der Waals surface area contributed by atoms with Crippen molar-refractivity contribution in [2.45, 2.75) is 24.8 Å². The average molecular weight is 377 g/mol. The van der Waals surface area contributed by atoms with Crippen molar-refractivity contribution in [3.05, 3.63) is 83.7 Å². The van der Waals surface area contributed by atoms with Crippen LogP contribution in [-0.4, -0.2) is 16.6 Å². The van der Waals surface area contributed by atoms with E-state index in [1.54, 1.807) is 6.07 Å². The Morgan fingerprint density at radius 3 is 2.64 bits per heavy atom. The summed E-state index contributed by atoms with van der Waals surface area (Å²) in [5.74, 6) is -0.103. The van der Waals surface area contributed by atoms with Gasteiger partial charge in [0.25, 0.3) is 0 Å². The van der Waals surface area contributed by atoms with Gasteiger partial charge in [-0.15, -0.1) is 0 Å². The zero-order chi connectivity index (χ0) is 19.7. The molecule has 0 heterocycles. The summed E-state index contributed by atoms with van der Waals surface area (Å²) >= 11 is 0. The van der Waals surface area contributed by atoms with Gasteiger partial charge in [-0.25, -0.2) is 4.39 Å². The normalized spacial score (nSPS) is 18.4. The monoisotopic (exact) mass is 377 g/mol. The molecule has 142 valence electrons. The van der Waals surface area contributed by atoms with Gasteiger partial charge >= 0.3 is 5.97 Å². The summed E-state index contributed by atoms with van der Waals surface area (Å²) < 4.78 is 19.7. The largest absolute Gasteiger partial charge is 0.480 e. The van der Waals surface area contributed by atoms with Crippen molar-refractivity contribution in [3.63, 3.8) is 0 Å². The van der Waals surface area contributed by atoms with Gasteiger partial charge in [-0.2, -0.15) is 0 Å². The number of hydrogen-bond acceptors (Lipinski definition) is 3. The minimum Gasteiger partial charge on any atom is -0.480 e. The first-order valence-electron chi connectivity index (χ1n) is 9.11. The van der Waals surface area contributed by atoms with Crippen molar-refractivity contribution in [1.82, 2.24) is 0 Å². The number of carboxylic acid groups (broad SMARTS) is 1. The minimum atomic E-state index is -1.24. The average Bonchev–Trinajstić information content (AvgIpc) is 2.68. The van der Waals surface area contributed by atoms with Crippen molar-refractivity contribution in [1.29, 1.82) is 0 Å². The number of aryl methyl sites for hydroxylation is 1. The highest BCUT2D eigenvalue weighted by molar-refractivity contribution is 5.79. The lowest BCUT2D eigenvalue weighted by Gasteiger charge is -2.31. The molecule has 1 unspecified atom stereocenters. The maximum Gasteiger partial charge on any atom is 0.324 e. The SMILES string of the molecule is NC1(C(=O)O)CCc2ccc(Oc3ccccc3-c3cccc(F)c3)cc2C1. The highest BCUT2D eigenvalue weighted by atomic mass is 19.1. The number of benzene rings is 3. The molecule has 0 fully saturated rings.